The maximum atomic E-state index is 12.4. The molecule has 0 bridgehead atoms. The van der Waals surface area contributed by atoms with E-state index < -0.39 is 11.2 Å². The van der Waals surface area contributed by atoms with E-state index in [0.29, 0.717) is 29.4 Å². The van der Waals surface area contributed by atoms with Gasteiger partial charge in [-0.3, -0.25) is 0 Å². The first-order valence-electron chi connectivity index (χ1n) is 5.93. The summed E-state index contributed by atoms with van der Waals surface area (Å²) in [6.07, 6.45) is -4.49. The molecule has 0 aliphatic carbocycles. The molecule has 0 radical (unpaired) electrons. The Morgan fingerprint density at radius 2 is 2.10 bits per heavy atom. The summed E-state index contributed by atoms with van der Waals surface area (Å²) in [5, 5.41) is 8.41. The zero-order valence-corrected chi connectivity index (χ0v) is 12.4. The molecular formula is C12H11ClF3N3OS. The van der Waals surface area contributed by atoms with Gasteiger partial charge in [-0.1, -0.05) is 11.3 Å². The van der Waals surface area contributed by atoms with Crippen molar-refractivity contribution in [3.05, 3.63) is 28.8 Å². The van der Waals surface area contributed by atoms with Crippen molar-refractivity contribution in [1.82, 2.24) is 10.2 Å². The van der Waals surface area contributed by atoms with Gasteiger partial charge in [0.25, 0.3) is 0 Å². The van der Waals surface area contributed by atoms with Crippen molar-refractivity contribution in [3.8, 4) is 5.75 Å². The second-order valence-corrected chi connectivity index (χ2v) is 5.17. The number of anilines is 2. The molecule has 4 nitrogen and oxygen atoms in total. The van der Waals surface area contributed by atoms with Crippen molar-refractivity contribution in [2.24, 2.45) is 0 Å². The number of hydrogen-bond donors (Lipinski definition) is 1. The number of rotatable bonds is 5. The molecule has 0 saturated carbocycles. The number of nitrogens with zero attached hydrogens (tertiary/aromatic N) is 2. The molecule has 2 rings (SSSR count). The topological polar surface area (TPSA) is 47.0 Å². The minimum atomic E-state index is -4.49. The molecule has 114 valence electrons. The van der Waals surface area contributed by atoms with E-state index >= 15 is 0 Å². The van der Waals surface area contributed by atoms with Gasteiger partial charge in [0.15, 0.2) is 0 Å². The summed E-state index contributed by atoms with van der Waals surface area (Å²) < 4.78 is 42.7. The Balaban J connectivity index is 2.18. The van der Waals surface area contributed by atoms with Crippen LogP contribution in [0.25, 0.3) is 0 Å². The van der Waals surface area contributed by atoms with Crippen LogP contribution in [0, 0.1) is 0 Å². The standard InChI is InChI=1S/C12H11ClF3N3OS/c1-2-20-9-4-3-8(5-7(9)6-13)17-11-19-18-10(21-11)12(14,15)16/h3-5H,2,6H2,1H3,(H,17,19). The van der Waals surface area contributed by atoms with Crippen LogP contribution in [0.15, 0.2) is 18.2 Å². The summed E-state index contributed by atoms with van der Waals surface area (Å²) in [5.41, 5.74) is 1.31. The predicted molar refractivity (Wildman–Crippen MR) is 75.4 cm³/mol. The molecular weight excluding hydrogens is 327 g/mol. The van der Waals surface area contributed by atoms with Crippen LogP contribution in [0.4, 0.5) is 24.0 Å². The number of halogens is 4. The first-order chi connectivity index (χ1) is 9.94. The fourth-order valence-electron chi connectivity index (χ4n) is 1.57. The summed E-state index contributed by atoms with van der Waals surface area (Å²) in [4.78, 5) is 0. The fraction of sp³-hybridized carbons (Fsp3) is 0.333. The van der Waals surface area contributed by atoms with Gasteiger partial charge in [0.05, 0.1) is 12.5 Å². The summed E-state index contributed by atoms with van der Waals surface area (Å²) in [5.74, 6) is 0.876. The molecule has 1 aromatic carbocycles. The minimum Gasteiger partial charge on any atom is -0.494 e. The van der Waals surface area contributed by atoms with E-state index in [2.05, 4.69) is 15.5 Å². The highest BCUT2D eigenvalue weighted by molar-refractivity contribution is 7.15. The monoisotopic (exact) mass is 337 g/mol. The quantitative estimate of drug-likeness (QED) is 0.819. The van der Waals surface area contributed by atoms with Crippen molar-refractivity contribution in [2.75, 3.05) is 11.9 Å². The number of nitrogens with one attached hydrogen (secondary N) is 1. The van der Waals surface area contributed by atoms with E-state index in [0.717, 1.165) is 5.56 Å². The Hall–Kier alpha value is -1.54. The van der Waals surface area contributed by atoms with Gasteiger partial charge in [-0.15, -0.1) is 21.8 Å². The van der Waals surface area contributed by atoms with Gasteiger partial charge < -0.3 is 10.1 Å². The number of aromatic nitrogens is 2. The number of hydrogen-bond acceptors (Lipinski definition) is 5. The van der Waals surface area contributed by atoms with E-state index in [4.69, 9.17) is 16.3 Å². The van der Waals surface area contributed by atoms with Crippen LogP contribution < -0.4 is 10.1 Å². The van der Waals surface area contributed by atoms with E-state index in [9.17, 15) is 13.2 Å². The highest BCUT2D eigenvalue weighted by Gasteiger charge is 2.35. The average Bonchev–Trinajstić information content (AvgIpc) is 2.89. The molecule has 0 atom stereocenters. The second kappa shape index (κ2) is 6.48. The van der Waals surface area contributed by atoms with E-state index in [1.807, 2.05) is 6.92 Å². The zero-order valence-electron chi connectivity index (χ0n) is 10.9. The van der Waals surface area contributed by atoms with Crippen LogP contribution >= 0.6 is 22.9 Å². The second-order valence-electron chi connectivity index (χ2n) is 3.92. The van der Waals surface area contributed by atoms with Crippen molar-refractivity contribution >= 4 is 33.8 Å². The van der Waals surface area contributed by atoms with Gasteiger partial charge in [-0.2, -0.15) is 13.2 Å². The molecule has 0 amide bonds. The maximum Gasteiger partial charge on any atom is 0.445 e. The van der Waals surface area contributed by atoms with Gasteiger partial charge >= 0.3 is 6.18 Å². The van der Waals surface area contributed by atoms with Gasteiger partial charge in [-0.05, 0) is 25.1 Å². The lowest BCUT2D eigenvalue weighted by Gasteiger charge is -2.10. The summed E-state index contributed by atoms with van der Waals surface area (Å²) in [7, 11) is 0. The van der Waals surface area contributed by atoms with Crippen LogP contribution in [-0.2, 0) is 12.1 Å². The Morgan fingerprint density at radius 3 is 2.67 bits per heavy atom. The Labute approximate surface area is 127 Å². The lowest BCUT2D eigenvalue weighted by Crippen LogP contribution is -2.03. The zero-order chi connectivity index (χ0) is 15.5. The van der Waals surface area contributed by atoms with Crippen molar-refractivity contribution in [3.63, 3.8) is 0 Å². The van der Waals surface area contributed by atoms with Crippen LogP contribution in [0.2, 0.25) is 0 Å². The van der Waals surface area contributed by atoms with Gasteiger partial charge in [0.2, 0.25) is 10.1 Å². The third-order valence-corrected chi connectivity index (χ3v) is 3.59. The smallest absolute Gasteiger partial charge is 0.445 e. The molecule has 21 heavy (non-hydrogen) atoms. The van der Waals surface area contributed by atoms with Crippen molar-refractivity contribution < 1.29 is 17.9 Å². The Kier molecular flexibility index (Phi) is 4.89. The van der Waals surface area contributed by atoms with E-state index in [-0.39, 0.29) is 11.0 Å². The predicted octanol–water partition coefficient (Wildman–Crippen LogP) is 4.44. The molecule has 0 aliphatic rings. The normalized spacial score (nSPS) is 11.5. The summed E-state index contributed by atoms with van der Waals surface area (Å²) in [6.45, 7) is 2.35. The first kappa shape index (κ1) is 15.8. The van der Waals surface area contributed by atoms with Crippen LogP contribution in [0.5, 0.6) is 5.75 Å². The van der Waals surface area contributed by atoms with Crippen LogP contribution in [-0.4, -0.2) is 16.8 Å². The molecule has 0 unspecified atom stereocenters. The molecule has 1 N–H and O–H groups in total. The highest BCUT2D eigenvalue weighted by atomic mass is 35.5. The highest BCUT2D eigenvalue weighted by Crippen LogP contribution is 2.34. The van der Waals surface area contributed by atoms with Crippen LogP contribution in [0.1, 0.15) is 17.5 Å². The largest absolute Gasteiger partial charge is 0.494 e. The Morgan fingerprint density at radius 1 is 1.33 bits per heavy atom. The number of ether oxygens (including phenoxy) is 1. The molecule has 0 spiro atoms. The molecule has 9 heteroatoms. The Bertz CT molecular complexity index is 618. The molecule has 0 fully saturated rings. The van der Waals surface area contributed by atoms with Crippen molar-refractivity contribution in [1.29, 1.82) is 0 Å². The molecule has 1 aromatic heterocycles. The van der Waals surface area contributed by atoms with Crippen LogP contribution in [0.3, 0.4) is 0 Å². The third-order valence-electron chi connectivity index (χ3n) is 2.42. The minimum absolute atomic E-state index is 0.0620. The summed E-state index contributed by atoms with van der Waals surface area (Å²) in [6, 6.07) is 5.08. The SMILES string of the molecule is CCOc1ccc(Nc2nnc(C(F)(F)F)s2)cc1CCl. The maximum absolute atomic E-state index is 12.4. The lowest BCUT2D eigenvalue weighted by molar-refractivity contribution is -0.138. The molecule has 2 aromatic rings. The molecule has 0 saturated heterocycles. The summed E-state index contributed by atoms with van der Waals surface area (Å²) >= 11 is 6.26. The lowest BCUT2D eigenvalue weighted by atomic mass is 10.2. The first-order valence-corrected chi connectivity index (χ1v) is 7.28. The van der Waals surface area contributed by atoms with Crippen molar-refractivity contribution in [2.45, 2.75) is 19.0 Å². The van der Waals surface area contributed by atoms with Gasteiger partial charge in [0.1, 0.15) is 5.75 Å². The third kappa shape index (κ3) is 3.98. The van der Waals surface area contributed by atoms with E-state index in [1.54, 1.807) is 18.2 Å². The number of benzene rings is 1. The number of alkyl halides is 4. The average molecular weight is 338 g/mol. The molecule has 1 heterocycles. The van der Waals surface area contributed by atoms with E-state index in [1.165, 1.54) is 0 Å². The fourth-order valence-corrected chi connectivity index (χ4v) is 2.41. The van der Waals surface area contributed by atoms with Gasteiger partial charge in [0, 0.05) is 11.3 Å². The van der Waals surface area contributed by atoms with Gasteiger partial charge in [-0.25, -0.2) is 0 Å². The molecule has 0 aliphatic heterocycles.